The van der Waals surface area contributed by atoms with Crippen LogP contribution in [-0.2, 0) is 35.3 Å². The first-order valence-corrected chi connectivity index (χ1v) is 19.2. The van der Waals surface area contributed by atoms with Gasteiger partial charge in [0.1, 0.15) is 6.54 Å². The van der Waals surface area contributed by atoms with E-state index in [9.17, 15) is 27.4 Å². The molecule has 0 unspecified atom stereocenters. The number of hydrogen-bond donors (Lipinski definition) is 2. The maximum atomic E-state index is 12.4. The third kappa shape index (κ3) is 8.65. The molecule has 2 aromatic carbocycles. The predicted molar refractivity (Wildman–Crippen MR) is 201 cm³/mol. The molecule has 0 fully saturated rings. The van der Waals surface area contributed by atoms with E-state index in [1.807, 2.05) is 24.3 Å². The first-order valence-electron chi connectivity index (χ1n) is 17.6. The number of benzene rings is 2. The third-order valence-electron chi connectivity index (χ3n) is 9.96. The number of nitrogens with one attached hydrogen (secondary N) is 1. The number of rotatable bonds is 16. The van der Waals surface area contributed by atoms with E-state index < -0.39 is 10.1 Å². The van der Waals surface area contributed by atoms with Gasteiger partial charge in [-0.1, -0.05) is 74.9 Å². The molecule has 0 spiro atoms. The van der Waals surface area contributed by atoms with Crippen LogP contribution >= 0.6 is 0 Å². The summed E-state index contributed by atoms with van der Waals surface area (Å²) in [6, 6.07) is 16.6. The SMILES string of the molecule is CC1(C)C(/C=C/C=C/C=C2/N(CCCCCC(=O)NCCN3C(=O)C=CC3=O)c3ccccc3C2(C)C)=[N+](CCCS(=O)(=O)O)c2ccccc21. The standard InChI is InChI=1S/C40H48N4O6S/c1-39(2)30-16-10-12-18-32(30)42(26-14-6-9-22-36(45)41-25-28-44-37(46)23-24-38(44)47)34(39)20-7-5-8-21-35-40(3,4)31-17-11-13-19-33(31)43(35)27-15-29-51(48,49)50/h5,7-8,10-13,16-21,23-24H,6,9,14-15,22,25-29H2,1-4H3,(H-,41,45,48,49,50)/p+1. The molecule has 3 heterocycles. The van der Waals surface area contributed by atoms with Crippen LogP contribution in [0.1, 0.15) is 70.9 Å². The van der Waals surface area contributed by atoms with Crippen LogP contribution in [-0.4, -0.2) is 77.8 Å². The Morgan fingerprint density at radius 2 is 1.51 bits per heavy atom. The van der Waals surface area contributed by atoms with Crippen molar-refractivity contribution in [1.82, 2.24) is 10.2 Å². The number of carbonyl (C=O) groups is 3. The lowest BCUT2D eigenvalue weighted by Crippen LogP contribution is -2.38. The van der Waals surface area contributed by atoms with E-state index in [0.29, 0.717) is 19.4 Å². The molecule has 0 saturated heterocycles. The number of amides is 3. The molecular formula is C40H49N4O6S+. The monoisotopic (exact) mass is 713 g/mol. The first-order chi connectivity index (χ1) is 24.2. The molecule has 0 aromatic heterocycles. The Morgan fingerprint density at radius 3 is 2.24 bits per heavy atom. The Kier molecular flexibility index (Phi) is 11.6. The van der Waals surface area contributed by atoms with Gasteiger partial charge in [-0.15, -0.1) is 0 Å². The number of para-hydroxylation sites is 2. The average molecular weight is 714 g/mol. The molecule has 5 rings (SSSR count). The number of fused-ring (bicyclic) bond motifs is 2. The molecule has 0 saturated carbocycles. The number of anilines is 1. The summed E-state index contributed by atoms with van der Waals surface area (Å²) in [5.74, 6) is -1.07. The van der Waals surface area contributed by atoms with Crippen molar-refractivity contribution in [3.8, 4) is 0 Å². The molecule has 3 aliphatic heterocycles. The van der Waals surface area contributed by atoms with Gasteiger partial charge >= 0.3 is 0 Å². The number of nitrogens with zero attached hydrogens (tertiary/aromatic N) is 3. The van der Waals surface area contributed by atoms with Crippen molar-refractivity contribution in [2.24, 2.45) is 0 Å². The summed E-state index contributed by atoms with van der Waals surface area (Å²) >= 11 is 0. The van der Waals surface area contributed by atoms with E-state index in [4.69, 9.17) is 0 Å². The topological polar surface area (TPSA) is 127 Å². The summed E-state index contributed by atoms with van der Waals surface area (Å²) in [7, 11) is -4.04. The Bertz CT molecular complexity index is 1920. The van der Waals surface area contributed by atoms with Crippen LogP contribution in [0.5, 0.6) is 0 Å². The summed E-state index contributed by atoms with van der Waals surface area (Å²) in [6.45, 7) is 10.5. The molecule has 0 bridgehead atoms. The van der Waals surface area contributed by atoms with Crippen LogP contribution < -0.4 is 10.2 Å². The van der Waals surface area contributed by atoms with Gasteiger partial charge in [-0.05, 0) is 44.4 Å². The first kappa shape index (κ1) is 37.6. The Balaban J connectivity index is 1.22. The van der Waals surface area contributed by atoms with Crippen molar-refractivity contribution >= 4 is 44.9 Å². The summed E-state index contributed by atoms with van der Waals surface area (Å²) in [5.41, 5.74) is 6.46. The van der Waals surface area contributed by atoms with Crippen LogP contribution in [0.4, 0.5) is 11.4 Å². The zero-order chi connectivity index (χ0) is 36.8. The highest BCUT2D eigenvalue weighted by Crippen LogP contribution is 2.47. The van der Waals surface area contributed by atoms with Crippen LogP contribution in [0, 0.1) is 0 Å². The summed E-state index contributed by atoms with van der Waals surface area (Å²) < 4.78 is 34.3. The van der Waals surface area contributed by atoms with Crippen molar-refractivity contribution < 1.29 is 31.9 Å². The smallest absolute Gasteiger partial charge is 0.265 e. The molecule has 10 nitrogen and oxygen atoms in total. The summed E-state index contributed by atoms with van der Waals surface area (Å²) in [4.78, 5) is 39.2. The van der Waals surface area contributed by atoms with Crippen molar-refractivity contribution in [3.05, 3.63) is 108 Å². The van der Waals surface area contributed by atoms with Gasteiger partial charge in [0.25, 0.3) is 21.9 Å². The van der Waals surface area contributed by atoms with Crippen LogP contribution in [0.15, 0.2) is 96.8 Å². The fourth-order valence-corrected chi connectivity index (χ4v) is 7.80. The number of unbranched alkanes of at least 4 members (excludes halogenated alkanes) is 2. The molecule has 2 aromatic rings. The maximum absolute atomic E-state index is 12.4. The lowest BCUT2D eigenvalue weighted by molar-refractivity contribution is -0.437. The molecular weight excluding hydrogens is 665 g/mol. The largest absolute Gasteiger partial charge is 0.354 e. The Hall–Kier alpha value is -4.61. The highest BCUT2D eigenvalue weighted by atomic mass is 32.2. The molecule has 11 heteroatoms. The van der Waals surface area contributed by atoms with Gasteiger partial charge in [0.2, 0.25) is 11.6 Å². The number of hydrogen-bond acceptors (Lipinski definition) is 6. The number of allylic oxidation sites excluding steroid dienone is 6. The molecule has 51 heavy (non-hydrogen) atoms. The minimum absolute atomic E-state index is 0.0854. The minimum atomic E-state index is -4.04. The van der Waals surface area contributed by atoms with Gasteiger partial charge in [0.15, 0.2) is 5.71 Å². The van der Waals surface area contributed by atoms with E-state index in [-0.39, 0.29) is 47.4 Å². The minimum Gasteiger partial charge on any atom is -0.354 e. The summed E-state index contributed by atoms with van der Waals surface area (Å²) in [5, 5.41) is 2.81. The van der Waals surface area contributed by atoms with Crippen molar-refractivity contribution in [2.75, 3.05) is 36.8 Å². The van der Waals surface area contributed by atoms with E-state index in [0.717, 1.165) is 42.1 Å². The zero-order valence-electron chi connectivity index (χ0n) is 30.0. The summed E-state index contributed by atoms with van der Waals surface area (Å²) in [6.07, 6.45) is 16.1. The second-order valence-corrected chi connectivity index (χ2v) is 15.8. The molecule has 0 aliphatic carbocycles. The van der Waals surface area contributed by atoms with Crippen molar-refractivity contribution in [3.63, 3.8) is 0 Å². The fraction of sp³-hybridized carbons (Fsp3) is 0.400. The van der Waals surface area contributed by atoms with E-state index >= 15 is 0 Å². The van der Waals surface area contributed by atoms with Crippen LogP contribution in [0.25, 0.3) is 0 Å². The fourth-order valence-electron chi connectivity index (χ4n) is 7.31. The maximum Gasteiger partial charge on any atom is 0.265 e. The lowest BCUT2D eigenvalue weighted by atomic mass is 9.81. The van der Waals surface area contributed by atoms with E-state index in [1.54, 1.807) is 0 Å². The van der Waals surface area contributed by atoms with Gasteiger partial charge in [-0.2, -0.15) is 13.0 Å². The van der Waals surface area contributed by atoms with Gasteiger partial charge in [-0.3, -0.25) is 23.8 Å². The van der Waals surface area contributed by atoms with Gasteiger partial charge in [0, 0.05) is 79.1 Å². The van der Waals surface area contributed by atoms with E-state index in [1.165, 1.54) is 34.7 Å². The average Bonchev–Trinajstić information content (AvgIpc) is 3.59. The van der Waals surface area contributed by atoms with Gasteiger partial charge < -0.3 is 10.2 Å². The number of carbonyl (C=O) groups excluding carboxylic acids is 3. The van der Waals surface area contributed by atoms with Crippen LogP contribution in [0.2, 0.25) is 0 Å². The van der Waals surface area contributed by atoms with Crippen molar-refractivity contribution in [1.29, 1.82) is 0 Å². The molecule has 0 atom stereocenters. The molecule has 0 radical (unpaired) electrons. The van der Waals surface area contributed by atoms with Gasteiger partial charge in [0.05, 0.1) is 11.2 Å². The zero-order valence-corrected chi connectivity index (χ0v) is 30.8. The highest BCUT2D eigenvalue weighted by Gasteiger charge is 2.44. The van der Waals surface area contributed by atoms with E-state index in [2.05, 4.69) is 97.1 Å². The number of imide groups is 1. The molecule has 270 valence electrons. The van der Waals surface area contributed by atoms with Gasteiger partial charge in [-0.25, -0.2) is 0 Å². The predicted octanol–water partition coefficient (Wildman–Crippen LogP) is 5.74. The second kappa shape index (κ2) is 15.7. The Labute approximate surface area is 301 Å². The lowest BCUT2D eigenvalue weighted by Gasteiger charge is -2.27. The normalized spacial score (nSPS) is 18.6. The highest BCUT2D eigenvalue weighted by molar-refractivity contribution is 7.85. The molecule has 3 amide bonds. The van der Waals surface area contributed by atoms with Crippen molar-refractivity contribution in [2.45, 2.75) is 70.6 Å². The second-order valence-electron chi connectivity index (χ2n) is 14.2. The Morgan fingerprint density at radius 1 is 0.824 bits per heavy atom. The van der Waals surface area contributed by atoms with Crippen LogP contribution in [0.3, 0.4) is 0 Å². The quantitative estimate of drug-likeness (QED) is 0.0748. The molecule has 3 aliphatic rings. The molecule has 2 N–H and O–H groups in total. The third-order valence-corrected chi connectivity index (χ3v) is 10.8.